The largest absolute Gasteiger partial charge is 0.537 e. The summed E-state index contributed by atoms with van der Waals surface area (Å²) in [5.41, 5.74) is 0. The summed E-state index contributed by atoms with van der Waals surface area (Å²) in [7, 11) is -2.82. The average Bonchev–Trinajstić information content (AvgIpc) is 2.52. The van der Waals surface area contributed by atoms with E-state index in [0.717, 1.165) is 24.6 Å². The van der Waals surface area contributed by atoms with E-state index in [9.17, 15) is 0 Å². The standard InChI is InChI=1S/C16H28O4Si/c1-4-7-13-17-14-15-20-21(18-5-2,19-6-3)16-11-9-8-10-12-16/h8-12H,4-7,13-15H2,1-3H3. The first-order valence-corrected chi connectivity index (χ1v) is 9.56. The Morgan fingerprint density at radius 2 is 1.48 bits per heavy atom. The molecule has 0 saturated heterocycles. The van der Waals surface area contributed by atoms with E-state index in [0.29, 0.717) is 26.4 Å². The number of unbranched alkanes of at least 4 members (excludes halogenated alkanes) is 1. The van der Waals surface area contributed by atoms with Gasteiger partial charge in [-0.1, -0.05) is 43.7 Å². The van der Waals surface area contributed by atoms with Crippen molar-refractivity contribution in [2.24, 2.45) is 0 Å². The third-order valence-electron chi connectivity index (χ3n) is 2.96. The minimum Gasteiger partial charge on any atom is -0.379 e. The summed E-state index contributed by atoms with van der Waals surface area (Å²) >= 11 is 0. The highest BCUT2D eigenvalue weighted by Crippen LogP contribution is 2.11. The zero-order valence-corrected chi connectivity index (χ0v) is 14.5. The molecule has 0 heterocycles. The molecule has 5 heteroatoms. The lowest BCUT2D eigenvalue weighted by Gasteiger charge is -2.29. The minimum absolute atomic E-state index is 0.491. The Morgan fingerprint density at radius 3 is 2.05 bits per heavy atom. The topological polar surface area (TPSA) is 36.9 Å². The van der Waals surface area contributed by atoms with Crippen LogP contribution in [0.4, 0.5) is 0 Å². The molecular weight excluding hydrogens is 284 g/mol. The van der Waals surface area contributed by atoms with Crippen molar-refractivity contribution in [3.8, 4) is 0 Å². The summed E-state index contributed by atoms with van der Waals surface area (Å²) in [5, 5.41) is 1.00. The van der Waals surface area contributed by atoms with Gasteiger partial charge in [0.15, 0.2) is 0 Å². The maximum atomic E-state index is 6.05. The van der Waals surface area contributed by atoms with Gasteiger partial charge in [-0.05, 0) is 20.3 Å². The highest BCUT2D eigenvalue weighted by molar-refractivity contribution is 6.75. The zero-order chi connectivity index (χ0) is 15.4. The summed E-state index contributed by atoms with van der Waals surface area (Å²) in [6, 6.07) is 9.96. The third kappa shape index (κ3) is 6.28. The van der Waals surface area contributed by atoms with Crippen LogP contribution in [0.25, 0.3) is 0 Å². The molecule has 0 bridgehead atoms. The Morgan fingerprint density at radius 1 is 0.810 bits per heavy atom. The van der Waals surface area contributed by atoms with Crippen molar-refractivity contribution >= 4 is 14.0 Å². The first-order chi connectivity index (χ1) is 10.3. The van der Waals surface area contributed by atoms with Gasteiger partial charge < -0.3 is 18.0 Å². The van der Waals surface area contributed by atoms with Gasteiger partial charge in [0.05, 0.1) is 13.2 Å². The lowest BCUT2D eigenvalue weighted by Crippen LogP contribution is -2.57. The van der Waals surface area contributed by atoms with Crippen LogP contribution >= 0.6 is 0 Å². The SMILES string of the molecule is CCCCOCCO[Si](OCC)(OCC)c1ccccc1. The molecule has 0 amide bonds. The van der Waals surface area contributed by atoms with Gasteiger partial charge in [-0.25, -0.2) is 0 Å². The second-order valence-electron chi connectivity index (χ2n) is 4.60. The van der Waals surface area contributed by atoms with E-state index in [1.165, 1.54) is 0 Å². The number of hydrogen-bond donors (Lipinski definition) is 0. The van der Waals surface area contributed by atoms with Crippen molar-refractivity contribution in [1.82, 2.24) is 0 Å². The number of hydrogen-bond acceptors (Lipinski definition) is 4. The predicted molar refractivity (Wildman–Crippen MR) is 86.8 cm³/mol. The predicted octanol–water partition coefficient (Wildman–Crippen LogP) is 2.74. The van der Waals surface area contributed by atoms with Crippen LogP contribution in [0.5, 0.6) is 0 Å². The van der Waals surface area contributed by atoms with Crippen LogP contribution < -0.4 is 5.19 Å². The molecule has 0 spiro atoms. The Bertz CT molecular complexity index is 353. The van der Waals surface area contributed by atoms with E-state index < -0.39 is 8.80 Å². The lowest BCUT2D eigenvalue weighted by atomic mass is 10.4. The molecular formula is C16H28O4Si. The smallest absolute Gasteiger partial charge is 0.379 e. The molecule has 0 N–H and O–H groups in total. The van der Waals surface area contributed by atoms with Gasteiger partial charge >= 0.3 is 8.80 Å². The van der Waals surface area contributed by atoms with Crippen LogP contribution in [0, 0.1) is 0 Å². The van der Waals surface area contributed by atoms with Gasteiger partial charge in [0.25, 0.3) is 0 Å². The molecule has 1 aromatic carbocycles. The molecule has 0 aliphatic carbocycles. The highest BCUT2D eigenvalue weighted by atomic mass is 28.4. The molecule has 0 atom stereocenters. The lowest BCUT2D eigenvalue weighted by molar-refractivity contribution is 0.0425. The Hall–Kier alpha value is -0.723. The quantitative estimate of drug-likeness (QED) is 0.439. The fourth-order valence-electron chi connectivity index (χ4n) is 1.98. The molecule has 0 aliphatic heterocycles. The summed E-state index contributed by atoms with van der Waals surface area (Å²) < 4.78 is 23.4. The fourth-order valence-corrected chi connectivity index (χ4v) is 4.44. The van der Waals surface area contributed by atoms with Crippen molar-refractivity contribution in [3.63, 3.8) is 0 Å². The molecule has 120 valence electrons. The Balaban J connectivity index is 2.63. The molecule has 0 fully saturated rings. The van der Waals surface area contributed by atoms with Crippen LogP contribution in [0.1, 0.15) is 33.6 Å². The van der Waals surface area contributed by atoms with Crippen LogP contribution in [-0.2, 0) is 18.0 Å². The maximum Gasteiger partial charge on any atom is 0.537 e. The molecule has 1 rings (SSSR count). The Labute approximate surface area is 129 Å². The average molecular weight is 312 g/mol. The van der Waals surface area contributed by atoms with E-state index in [1.54, 1.807) is 0 Å². The molecule has 0 saturated carbocycles. The number of rotatable bonds is 12. The van der Waals surface area contributed by atoms with E-state index in [2.05, 4.69) is 6.92 Å². The second kappa shape index (κ2) is 10.9. The molecule has 0 radical (unpaired) electrons. The van der Waals surface area contributed by atoms with E-state index >= 15 is 0 Å². The highest BCUT2D eigenvalue weighted by Gasteiger charge is 2.43. The van der Waals surface area contributed by atoms with Crippen LogP contribution in [0.2, 0.25) is 0 Å². The van der Waals surface area contributed by atoms with Crippen molar-refractivity contribution in [2.45, 2.75) is 33.6 Å². The van der Waals surface area contributed by atoms with Crippen LogP contribution in [-0.4, -0.2) is 41.8 Å². The molecule has 0 unspecified atom stereocenters. The van der Waals surface area contributed by atoms with Gasteiger partial charge in [-0.2, -0.15) is 0 Å². The van der Waals surface area contributed by atoms with Crippen LogP contribution in [0.3, 0.4) is 0 Å². The van der Waals surface area contributed by atoms with Crippen molar-refractivity contribution < 1.29 is 18.0 Å². The van der Waals surface area contributed by atoms with Crippen molar-refractivity contribution in [1.29, 1.82) is 0 Å². The van der Waals surface area contributed by atoms with E-state index in [4.69, 9.17) is 18.0 Å². The molecule has 4 nitrogen and oxygen atoms in total. The van der Waals surface area contributed by atoms with E-state index in [-0.39, 0.29) is 0 Å². The second-order valence-corrected chi connectivity index (χ2v) is 7.16. The van der Waals surface area contributed by atoms with Gasteiger partial charge in [-0.3, -0.25) is 0 Å². The van der Waals surface area contributed by atoms with Gasteiger partial charge in [-0.15, -0.1) is 0 Å². The number of benzene rings is 1. The van der Waals surface area contributed by atoms with Crippen molar-refractivity contribution in [3.05, 3.63) is 30.3 Å². The summed E-state index contributed by atoms with van der Waals surface area (Å²) in [6.07, 6.45) is 2.22. The first-order valence-electron chi connectivity index (χ1n) is 7.84. The van der Waals surface area contributed by atoms with Gasteiger partial charge in [0.1, 0.15) is 0 Å². The molecule has 1 aromatic rings. The molecule has 0 aliphatic rings. The summed E-state index contributed by atoms with van der Waals surface area (Å²) in [5.74, 6) is 0. The number of ether oxygens (including phenoxy) is 1. The molecule has 0 aromatic heterocycles. The molecule has 21 heavy (non-hydrogen) atoms. The Kier molecular flexibility index (Phi) is 9.53. The normalized spacial score (nSPS) is 11.8. The van der Waals surface area contributed by atoms with Crippen LogP contribution in [0.15, 0.2) is 30.3 Å². The van der Waals surface area contributed by atoms with Crippen molar-refractivity contribution in [2.75, 3.05) is 33.0 Å². The summed E-state index contributed by atoms with van der Waals surface area (Å²) in [6.45, 7) is 9.05. The van der Waals surface area contributed by atoms with Gasteiger partial charge in [0.2, 0.25) is 0 Å². The minimum atomic E-state index is -2.82. The van der Waals surface area contributed by atoms with E-state index in [1.807, 2.05) is 44.2 Å². The van der Waals surface area contributed by atoms with Gasteiger partial charge in [0, 0.05) is 25.0 Å². The first kappa shape index (κ1) is 18.3. The fraction of sp³-hybridized carbons (Fsp3) is 0.625. The summed E-state index contributed by atoms with van der Waals surface area (Å²) in [4.78, 5) is 0. The third-order valence-corrected chi connectivity index (χ3v) is 5.92. The zero-order valence-electron chi connectivity index (χ0n) is 13.5. The monoisotopic (exact) mass is 312 g/mol. The maximum absolute atomic E-state index is 6.05.